The number of aromatic nitrogens is 1. The van der Waals surface area contributed by atoms with Gasteiger partial charge in [-0.1, -0.05) is 25.4 Å². The van der Waals surface area contributed by atoms with Gasteiger partial charge in [0.15, 0.2) is 0 Å². The number of halogens is 1. The van der Waals surface area contributed by atoms with Crippen molar-refractivity contribution in [3.63, 3.8) is 0 Å². The van der Waals surface area contributed by atoms with Crippen molar-refractivity contribution in [2.45, 2.75) is 58.3 Å². The summed E-state index contributed by atoms with van der Waals surface area (Å²) in [6, 6.07) is 7.52. The third-order valence-corrected chi connectivity index (χ3v) is 7.03. The van der Waals surface area contributed by atoms with Crippen LogP contribution in [0.4, 0.5) is 0 Å². The Morgan fingerprint density at radius 2 is 2.00 bits per heavy atom. The number of hydrogen-bond donors (Lipinski definition) is 1. The molecule has 2 saturated heterocycles. The van der Waals surface area contributed by atoms with Crippen LogP contribution in [-0.4, -0.2) is 71.7 Å². The Morgan fingerprint density at radius 3 is 2.70 bits per heavy atom. The van der Waals surface area contributed by atoms with E-state index in [1.54, 1.807) is 0 Å². The smallest absolute Gasteiger partial charge is 0.226 e. The average Bonchev–Trinajstić information content (AvgIpc) is 3.35. The summed E-state index contributed by atoms with van der Waals surface area (Å²) < 4.78 is 12.2. The molecule has 0 radical (unpaired) electrons. The Bertz CT molecular complexity index is 936. The highest BCUT2D eigenvalue weighted by Gasteiger charge is 2.49. The second kappa shape index (κ2) is 10.6. The van der Waals surface area contributed by atoms with E-state index in [-0.39, 0.29) is 17.6 Å². The van der Waals surface area contributed by atoms with E-state index in [2.05, 4.69) is 29.0 Å². The monoisotopic (exact) mass is 474 g/mol. The number of benzene rings is 1. The molecule has 2 aliphatic rings. The van der Waals surface area contributed by atoms with Crippen LogP contribution in [0.15, 0.2) is 28.7 Å². The first-order chi connectivity index (χ1) is 15.9. The highest BCUT2D eigenvalue weighted by Crippen LogP contribution is 2.40. The molecular weight excluding hydrogens is 440 g/mol. The van der Waals surface area contributed by atoms with Crippen LogP contribution in [0.2, 0.25) is 5.02 Å². The van der Waals surface area contributed by atoms with Crippen LogP contribution in [0.5, 0.6) is 0 Å². The summed E-state index contributed by atoms with van der Waals surface area (Å²) >= 11 is 5.98. The number of amides is 1. The van der Waals surface area contributed by atoms with E-state index in [0.717, 1.165) is 69.1 Å². The standard InChI is InChI=1S/C25H35ClN4O3/c1-4-29(5-2)13-12-27-23(31)14-21-10-11-25(33-21)16-30(17-25)15-22-18(3)32-24(28-22)19-6-8-20(26)9-7-19/h6-9,21H,4-5,10-17H2,1-3H3,(H,27,31). The number of carbonyl (C=O) groups is 1. The maximum absolute atomic E-state index is 12.3. The first kappa shape index (κ1) is 24.2. The van der Waals surface area contributed by atoms with Crippen molar-refractivity contribution in [2.75, 3.05) is 39.3 Å². The van der Waals surface area contributed by atoms with E-state index in [1.807, 2.05) is 31.2 Å². The Hall–Kier alpha value is -1.93. The molecule has 180 valence electrons. The Balaban J connectivity index is 1.21. The number of carbonyl (C=O) groups excluding carboxylic acids is 1. The van der Waals surface area contributed by atoms with E-state index in [4.69, 9.17) is 25.7 Å². The normalized spacial score (nSPS) is 19.8. The molecule has 2 aliphatic heterocycles. The Labute approximate surface area is 201 Å². The van der Waals surface area contributed by atoms with Gasteiger partial charge in [0, 0.05) is 43.3 Å². The van der Waals surface area contributed by atoms with Crippen molar-refractivity contribution in [3.8, 4) is 11.5 Å². The summed E-state index contributed by atoms with van der Waals surface area (Å²) in [5, 5.41) is 3.74. The Kier molecular flexibility index (Phi) is 7.74. The first-order valence-corrected chi connectivity index (χ1v) is 12.4. The molecule has 33 heavy (non-hydrogen) atoms. The lowest BCUT2D eigenvalue weighted by molar-refractivity contribution is -0.145. The molecule has 1 N–H and O–H groups in total. The van der Waals surface area contributed by atoms with Crippen molar-refractivity contribution in [3.05, 3.63) is 40.7 Å². The molecule has 1 unspecified atom stereocenters. The predicted molar refractivity (Wildman–Crippen MR) is 129 cm³/mol. The van der Waals surface area contributed by atoms with Gasteiger partial charge in [-0.3, -0.25) is 9.69 Å². The number of likely N-dealkylation sites (tertiary alicyclic amines) is 1. The number of ether oxygens (including phenoxy) is 1. The molecule has 2 fully saturated rings. The van der Waals surface area contributed by atoms with Crippen LogP contribution in [0.25, 0.3) is 11.5 Å². The minimum atomic E-state index is -0.108. The second-order valence-corrected chi connectivity index (χ2v) is 9.65. The lowest BCUT2D eigenvalue weighted by atomic mass is 9.90. The van der Waals surface area contributed by atoms with Crippen LogP contribution < -0.4 is 5.32 Å². The largest absolute Gasteiger partial charge is 0.441 e. The molecule has 1 spiro atoms. The van der Waals surface area contributed by atoms with Gasteiger partial charge in [-0.15, -0.1) is 0 Å². The highest BCUT2D eigenvalue weighted by atomic mass is 35.5. The van der Waals surface area contributed by atoms with Gasteiger partial charge < -0.3 is 19.4 Å². The van der Waals surface area contributed by atoms with Crippen molar-refractivity contribution >= 4 is 17.5 Å². The zero-order chi connectivity index (χ0) is 23.4. The second-order valence-electron chi connectivity index (χ2n) is 9.22. The van der Waals surface area contributed by atoms with Gasteiger partial charge in [0.25, 0.3) is 0 Å². The van der Waals surface area contributed by atoms with Crippen molar-refractivity contribution in [2.24, 2.45) is 0 Å². The molecule has 0 bridgehead atoms. The van der Waals surface area contributed by atoms with Gasteiger partial charge in [0.1, 0.15) is 5.76 Å². The first-order valence-electron chi connectivity index (χ1n) is 12.0. The van der Waals surface area contributed by atoms with Crippen LogP contribution in [0, 0.1) is 6.92 Å². The van der Waals surface area contributed by atoms with E-state index < -0.39 is 0 Å². The minimum Gasteiger partial charge on any atom is -0.441 e. The van der Waals surface area contributed by atoms with E-state index in [1.165, 1.54) is 0 Å². The molecule has 8 heteroatoms. The van der Waals surface area contributed by atoms with Gasteiger partial charge in [-0.25, -0.2) is 4.98 Å². The fourth-order valence-corrected chi connectivity index (χ4v) is 4.95. The summed E-state index contributed by atoms with van der Waals surface area (Å²) in [7, 11) is 0. The van der Waals surface area contributed by atoms with Gasteiger partial charge in [-0.2, -0.15) is 0 Å². The summed E-state index contributed by atoms with van der Waals surface area (Å²) in [4.78, 5) is 21.7. The molecule has 4 rings (SSSR count). The average molecular weight is 475 g/mol. The number of hydrogen-bond acceptors (Lipinski definition) is 6. The Morgan fingerprint density at radius 1 is 1.27 bits per heavy atom. The fraction of sp³-hybridized carbons (Fsp3) is 0.600. The lowest BCUT2D eigenvalue weighted by Crippen LogP contribution is -2.61. The number of nitrogens with zero attached hydrogens (tertiary/aromatic N) is 3. The summed E-state index contributed by atoms with van der Waals surface area (Å²) in [5.41, 5.74) is 1.77. The quantitative estimate of drug-likeness (QED) is 0.563. The third kappa shape index (κ3) is 5.96. The molecule has 1 amide bonds. The molecule has 0 saturated carbocycles. The number of rotatable bonds is 10. The maximum Gasteiger partial charge on any atom is 0.226 e. The van der Waals surface area contributed by atoms with Gasteiger partial charge in [-0.05, 0) is 57.1 Å². The molecule has 7 nitrogen and oxygen atoms in total. The molecule has 1 aromatic heterocycles. The lowest BCUT2D eigenvalue weighted by Gasteiger charge is -2.47. The molecule has 3 heterocycles. The molecule has 0 aliphatic carbocycles. The van der Waals surface area contributed by atoms with E-state index in [9.17, 15) is 4.79 Å². The minimum absolute atomic E-state index is 0.0193. The zero-order valence-corrected chi connectivity index (χ0v) is 20.7. The predicted octanol–water partition coefficient (Wildman–Crippen LogP) is 3.88. The van der Waals surface area contributed by atoms with Crippen molar-refractivity contribution in [1.29, 1.82) is 0 Å². The van der Waals surface area contributed by atoms with Crippen LogP contribution in [-0.2, 0) is 16.1 Å². The van der Waals surface area contributed by atoms with Crippen molar-refractivity contribution < 1.29 is 13.9 Å². The topological polar surface area (TPSA) is 70.8 Å². The third-order valence-electron chi connectivity index (χ3n) is 6.78. The van der Waals surface area contributed by atoms with Gasteiger partial charge >= 0.3 is 0 Å². The fourth-order valence-electron chi connectivity index (χ4n) is 4.83. The molecule has 2 aromatic rings. The van der Waals surface area contributed by atoms with Crippen LogP contribution in [0.1, 0.15) is 44.6 Å². The van der Waals surface area contributed by atoms with Crippen LogP contribution in [0.3, 0.4) is 0 Å². The summed E-state index contributed by atoms with van der Waals surface area (Å²) in [5.74, 6) is 1.56. The van der Waals surface area contributed by atoms with Crippen molar-refractivity contribution in [1.82, 2.24) is 20.1 Å². The number of nitrogens with one attached hydrogen (secondary N) is 1. The summed E-state index contributed by atoms with van der Waals surface area (Å²) in [6.45, 7) is 12.3. The SMILES string of the molecule is CCN(CC)CCNC(=O)CC1CCC2(CN(Cc3nc(-c4ccc(Cl)cc4)oc3C)C2)O1. The van der Waals surface area contributed by atoms with E-state index in [0.29, 0.717) is 23.9 Å². The summed E-state index contributed by atoms with van der Waals surface area (Å²) in [6.07, 6.45) is 2.42. The molecule has 1 aromatic carbocycles. The van der Waals surface area contributed by atoms with Gasteiger partial charge in [0.05, 0.1) is 23.8 Å². The van der Waals surface area contributed by atoms with Crippen LogP contribution >= 0.6 is 11.6 Å². The molecular formula is C25H35ClN4O3. The zero-order valence-electron chi connectivity index (χ0n) is 19.9. The number of aryl methyl sites for hydroxylation is 1. The van der Waals surface area contributed by atoms with Gasteiger partial charge in [0.2, 0.25) is 11.8 Å². The molecule has 1 atom stereocenters. The maximum atomic E-state index is 12.3. The van der Waals surface area contributed by atoms with E-state index >= 15 is 0 Å². The number of oxazole rings is 1. The highest BCUT2D eigenvalue weighted by molar-refractivity contribution is 6.30. The number of likely N-dealkylation sites (N-methyl/N-ethyl adjacent to an activating group) is 1.